The molecule has 1 atom stereocenters. The molecule has 0 aromatic heterocycles. The SMILES string of the molecule is COC(=O)C1=C(C(C)C)NC(=S)N[C@H]1c1ccc(C(=O)OC)cc1. The van der Waals surface area contributed by atoms with Gasteiger partial charge in [-0.15, -0.1) is 0 Å². The fraction of sp³-hybridized carbons (Fsp3) is 0.353. The summed E-state index contributed by atoms with van der Waals surface area (Å²) in [7, 11) is 2.67. The van der Waals surface area contributed by atoms with Crippen molar-refractivity contribution in [3.63, 3.8) is 0 Å². The van der Waals surface area contributed by atoms with Gasteiger partial charge < -0.3 is 20.1 Å². The molecule has 0 spiro atoms. The molecule has 24 heavy (non-hydrogen) atoms. The molecular formula is C17H20N2O4S. The van der Waals surface area contributed by atoms with Gasteiger partial charge in [-0.05, 0) is 35.8 Å². The summed E-state index contributed by atoms with van der Waals surface area (Å²) in [6.45, 7) is 3.94. The molecule has 7 heteroatoms. The molecule has 1 aromatic rings. The lowest BCUT2D eigenvalue weighted by Crippen LogP contribution is -2.46. The van der Waals surface area contributed by atoms with Crippen molar-refractivity contribution >= 4 is 29.3 Å². The second kappa shape index (κ2) is 7.44. The predicted octanol–water partition coefficient (Wildman–Crippen LogP) is 2.08. The Hall–Kier alpha value is -2.41. The van der Waals surface area contributed by atoms with Crippen LogP contribution in [-0.2, 0) is 14.3 Å². The number of hydrogen-bond donors (Lipinski definition) is 2. The van der Waals surface area contributed by atoms with Gasteiger partial charge >= 0.3 is 11.9 Å². The number of esters is 2. The highest BCUT2D eigenvalue weighted by atomic mass is 32.1. The minimum atomic E-state index is -0.449. The summed E-state index contributed by atoms with van der Waals surface area (Å²) in [4.78, 5) is 23.9. The zero-order chi connectivity index (χ0) is 17.9. The average Bonchev–Trinajstić information content (AvgIpc) is 2.59. The van der Waals surface area contributed by atoms with E-state index in [4.69, 9.17) is 21.7 Å². The van der Waals surface area contributed by atoms with Gasteiger partial charge in [0, 0.05) is 5.70 Å². The van der Waals surface area contributed by atoms with E-state index in [1.54, 1.807) is 24.3 Å². The van der Waals surface area contributed by atoms with Crippen LogP contribution in [0.3, 0.4) is 0 Å². The zero-order valence-corrected chi connectivity index (χ0v) is 14.8. The van der Waals surface area contributed by atoms with Crippen molar-refractivity contribution in [2.45, 2.75) is 19.9 Å². The van der Waals surface area contributed by atoms with Gasteiger partial charge in [-0.1, -0.05) is 26.0 Å². The Labute approximate surface area is 146 Å². The minimum absolute atomic E-state index is 0.0657. The van der Waals surface area contributed by atoms with Crippen LogP contribution in [0, 0.1) is 5.92 Å². The van der Waals surface area contributed by atoms with Crippen molar-refractivity contribution < 1.29 is 19.1 Å². The molecule has 2 N–H and O–H groups in total. The van der Waals surface area contributed by atoms with Gasteiger partial charge in [0.15, 0.2) is 5.11 Å². The van der Waals surface area contributed by atoms with Crippen molar-refractivity contribution in [1.29, 1.82) is 0 Å². The highest BCUT2D eigenvalue weighted by Gasteiger charge is 2.33. The lowest BCUT2D eigenvalue weighted by molar-refractivity contribution is -0.136. The fourth-order valence-corrected chi connectivity index (χ4v) is 2.78. The van der Waals surface area contributed by atoms with Crippen LogP contribution in [0.25, 0.3) is 0 Å². The third kappa shape index (κ3) is 3.56. The van der Waals surface area contributed by atoms with Crippen LogP contribution >= 0.6 is 12.2 Å². The van der Waals surface area contributed by atoms with Gasteiger partial charge in [0.2, 0.25) is 0 Å². The maximum absolute atomic E-state index is 12.3. The monoisotopic (exact) mass is 348 g/mol. The Balaban J connectivity index is 2.49. The largest absolute Gasteiger partial charge is 0.466 e. The third-order valence-electron chi connectivity index (χ3n) is 3.75. The summed E-state index contributed by atoms with van der Waals surface area (Å²) >= 11 is 5.26. The molecule has 1 aromatic carbocycles. The number of allylic oxidation sites excluding steroid dienone is 1. The number of hydrogen-bond acceptors (Lipinski definition) is 5. The van der Waals surface area contributed by atoms with Crippen molar-refractivity contribution in [3.05, 3.63) is 46.7 Å². The lowest BCUT2D eigenvalue weighted by Gasteiger charge is -2.32. The molecule has 0 unspecified atom stereocenters. The topological polar surface area (TPSA) is 76.7 Å². The number of carbonyl (C=O) groups excluding carboxylic acids is 2. The Morgan fingerprint density at radius 2 is 1.67 bits per heavy atom. The molecule has 0 saturated carbocycles. The molecule has 0 aliphatic carbocycles. The van der Waals surface area contributed by atoms with Crippen molar-refractivity contribution in [1.82, 2.24) is 10.6 Å². The first-order valence-corrected chi connectivity index (χ1v) is 7.88. The second-order valence-corrected chi connectivity index (χ2v) is 6.03. The van der Waals surface area contributed by atoms with Gasteiger partial charge in [0.1, 0.15) is 0 Å². The molecule has 0 radical (unpaired) electrons. The normalized spacial score (nSPS) is 17.2. The molecule has 0 amide bonds. The van der Waals surface area contributed by atoms with Crippen molar-refractivity contribution in [2.24, 2.45) is 5.92 Å². The highest BCUT2D eigenvalue weighted by Crippen LogP contribution is 2.30. The summed E-state index contributed by atoms with van der Waals surface area (Å²) < 4.78 is 9.64. The van der Waals surface area contributed by atoms with Crippen LogP contribution in [0.4, 0.5) is 0 Å². The first-order chi connectivity index (χ1) is 11.4. The van der Waals surface area contributed by atoms with Gasteiger partial charge in [0.05, 0.1) is 31.4 Å². The lowest BCUT2D eigenvalue weighted by atomic mass is 9.91. The number of thiocarbonyl (C=S) groups is 1. The molecule has 6 nitrogen and oxygen atoms in total. The van der Waals surface area contributed by atoms with E-state index in [-0.39, 0.29) is 5.92 Å². The first kappa shape index (κ1) is 17.9. The molecule has 0 bridgehead atoms. The van der Waals surface area contributed by atoms with Gasteiger partial charge in [0.25, 0.3) is 0 Å². The van der Waals surface area contributed by atoms with Gasteiger partial charge in [-0.25, -0.2) is 9.59 Å². The molecule has 128 valence electrons. The van der Waals surface area contributed by atoms with E-state index in [1.165, 1.54) is 14.2 Å². The van der Waals surface area contributed by atoms with Crippen molar-refractivity contribution in [2.75, 3.05) is 14.2 Å². The predicted molar refractivity (Wildman–Crippen MR) is 93.3 cm³/mol. The van der Waals surface area contributed by atoms with Gasteiger partial charge in [-0.2, -0.15) is 0 Å². The molecule has 2 rings (SSSR count). The average molecular weight is 348 g/mol. The number of methoxy groups -OCH3 is 2. The minimum Gasteiger partial charge on any atom is -0.466 e. The Morgan fingerprint density at radius 3 is 2.17 bits per heavy atom. The Bertz CT molecular complexity index is 695. The summed E-state index contributed by atoms with van der Waals surface area (Å²) in [5, 5.41) is 6.57. The number of carbonyl (C=O) groups is 2. The van der Waals surface area contributed by atoms with E-state index in [0.717, 1.165) is 11.3 Å². The summed E-state index contributed by atoms with van der Waals surface area (Å²) in [5.74, 6) is -0.777. The number of rotatable bonds is 4. The number of benzene rings is 1. The first-order valence-electron chi connectivity index (χ1n) is 7.47. The standard InChI is InChI=1S/C17H20N2O4S/c1-9(2)13-12(16(21)23-4)14(19-17(24)18-13)10-5-7-11(8-6-10)15(20)22-3/h5-9,14H,1-4H3,(H2,18,19,24)/t14-/m0/s1. The van der Waals surface area contributed by atoms with Crippen LogP contribution < -0.4 is 10.6 Å². The molecule has 1 aliphatic rings. The molecule has 1 heterocycles. The van der Waals surface area contributed by atoms with E-state index in [0.29, 0.717) is 16.2 Å². The Kier molecular flexibility index (Phi) is 5.56. The van der Waals surface area contributed by atoms with E-state index in [2.05, 4.69) is 10.6 Å². The van der Waals surface area contributed by atoms with Crippen LogP contribution in [0.1, 0.15) is 35.8 Å². The molecule has 1 aliphatic heterocycles. The zero-order valence-electron chi connectivity index (χ0n) is 14.0. The molecule has 0 fully saturated rings. The van der Waals surface area contributed by atoms with E-state index in [1.807, 2.05) is 13.8 Å². The fourth-order valence-electron chi connectivity index (χ4n) is 2.56. The smallest absolute Gasteiger partial charge is 0.337 e. The molecular weight excluding hydrogens is 328 g/mol. The summed E-state index contributed by atoms with van der Waals surface area (Å²) in [5.41, 5.74) is 2.44. The van der Waals surface area contributed by atoms with Crippen molar-refractivity contribution in [3.8, 4) is 0 Å². The quantitative estimate of drug-likeness (QED) is 0.637. The van der Waals surface area contributed by atoms with Crippen LogP contribution in [-0.4, -0.2) is 31.3 Å². The molecule has 0 saturated heterocycles. The highest BCUT2D eigenvalue weighted by molar-refractivity contribution is 7.80. The van der Waals surface area contributed by atoms with E-state index < -0.39 is 18.0 Å². The number of ether oxygens (including phenoxy) is 2. The second-order valence-electron chi connectivity index (χ2n) is 5.62. The van der Waals surface area contributed by atoms with Crippen LogP contribution in [0.2, 0.25) is 0 Å². The van der Waals surface area contributed by atoms with Crippen LogP contribution in [0.15, 0.2) is 35.5 Å². The third-order valence-corrected chi connectivity index (χ3v) is 3.97. The maximum Gasteiger partial charge on any atom is 0.337 e. The van der Waals surface area contributed by atoms with E-state index >= 15 is 0 Å². The summed E-state index contributed by atoms with van der Waals surface area (Å²) in [6.07, 6.45) is 0. The maximum atomic E-state index is 12.3. The Morgan fingerprint density at radius 1 is 1.08 bits per heavy atom. The summed E-state index contributed by atoms with van der Waals surface area (Å²) in [6, 6.07) is 6.38. The number of nitrogens with one attached hydrogen (secondary N) is 2. The van der Waals surface area contributed by atoms with E-state index in [9.17, 15) is 9.59 Å². The van der Waals surface area contributed by atoms with Gasteiger partial charge in [-0.3, -0.25) is 0 Å². The van der Waals surface area contributed by atoms with Crippen LogP contribution in [0.5, 0.6) is 0 Å².